The van der Waals surface area contributed by atoms with Gasteiger partial charge in [-0.1, -0.05) is 11.6 Å². The number of benzene rings is 1. The molecule has 0 radical (unpaired) electrons. The van der Waals surface area contributed by atoms with Gasteiger partial charge in [0.15, 0.2) is 0 Å². The monoisotopic (exact) mass is 398 g/mol. The van der Waals surface area contributed by atoms with Crippen molar-refractivity contribution in [2.75, 3.05) is 0 Å². The van der Waals surface area contributed by atoms with Crippen LogP contribution in [0.3, 0.4) is 0 Å². The number of halogens is 1. The summed E-state index contributed by atoms with van der Waals surface area (Å²) in [6.45, 7) is 2.10. The van der Waals surface area contributed by atoms with Gasteiger partial charge in [0.1, 0.15) is 18.0 Å². The number of ether oxygens (including phenoxy) is 1. The van der Waals surface area contributed by atoms with Crippen LogP contribution in [0.2, 0.25) is 5.02 Å². The molecule has 28 heavy (non-hydrogen) atoms. The van der Waals surface area contributed by atoms with Crippen molar-refractivity contribution >= 4 is 28.5 Å². The minimum absolute atomic E-state index is 0.0725. The van der Waals surface area contributed by atoms with Crippen molar-refractivity contribution in [1.29, 1.82) is 0 Å². The Hall–Kier alpha value is -3.32. The van der Waals surface area contributed by atoms with Crippen molar-refractivity contribution in [3.05, 3.63) is 86.9 Å². The molecule has 0 amide bonds. The van der Waals surface area contributed by atoms with E-state index in [0.29, 0.717) is 33.9 Å². The van der Waals surface area contributed by atoms with Crippen LogP contribution in [0.4, 0.5) is 0 Å². The Morgan fingerprint density at radius 1 is 1.25 bits per heavy atom. The summed E-state index contributed by atoms with van der Waals surface area (Å²) in [5.41, 5.74) is 1.15. The summed E-state index contributed by atoms with van der Waals surface area (Å²) in [5.74, 6) is 0.0123. The van der Waals surface area contributed by atoms with Crippen LogP contribution in [0.15, 0.2) is 62.4 Å². The van der Waals surface area contributed by atoms with Gasteiger partial charge in [0.25, 0.3) is 0 Å². The van der Waals surface area contributed by atoms with Crippen LogP contribution in [0.25, 0.3) is 11.0 Å². The summed E-state index contributed by atoms with van der Waals surface area (Å²) >= 11 is 6.17. The van der Waals surface area contributed by atoms with E-state index in [1.807, 2.05) is 6.92 Å². The standard InChI is InChI=1S/C20H15ClN2O5/c1-12-7-18-15(9-16(12)21)13(8-19(24)28-18)11-26-20(25)17-4-3-14(27-17)10-23-6-2-5-22-23/h2-9H,10-11H2,1H3. The highest BCUT2D eigenvalue weighted by Crippen LogP contribution is 2.25. The van der Waals surface area contributed by atoms with Crippen molar-refractivity contribution in [3.63, 3.8) is 0 Å². The molecule has 0 bridgehead atoms. The fourth-order valence-electron chi connectivity index (χ4n) is 2.81. The number of hydrogen-bond acceptors (Lipinski definition) is 6. The predicted molar refractivity (Wildman–Crippen MR) is 101 cm³/mol. The molecule has 142 valence electrons. The highest BCUT2D eigenvalue weighted by atomic mass is 35.5. The molecule has 1 aromatic carbocycles. The first-order valence-corrected chi connectivity index (χ1v) is 8.83. The molecule has 0 saturated heterocycles. The first-order valence-electron chi connectivity index (χ1n) is 8.46. The summed E-state index contributed by atoms with van der Waals surface area (Å²) in [7, 11) is 0. The highest BCUT2D eigenvalue weighted by molar-refractivity contribution is 6.32. The molecule has 0 atom stereocenters. The normalized spacial score (nSPS) is 11.1. The van der Waals surface area contributed by atoms with Crippen LogP contribution in [0.1, 0.15) is 27.4 Å². The van der Waals surface area contributed by atoms with E-state index in [0.717, 1.165) is 5.56 Å². The zero-order valence-corrected chi connectivity index (χ0v) is 15.6. The van der Waals surface area contributed by atoms with Crippen molar-refractivity contribution in [3.8, 4) is 0 Å². The summed E-state index contributed by atoms with van der Waals surface area (Å²) in [6, 6.07) is 9.68. The Morgan fingerprint density at radius 3 is 2.89 bits per heavy atom. The van der Waals surface area contributed by atoms with Crippen LogP contribution in [0.5, 0.6) is 0 Å². The fraction of sp³-hybridized carbons (Fsp3) is 0.150. The number of rotatable bonds is 5. The lowest BCUT2D eigenvalue weighted by molar-refractivity contribution is 0.0435. The van der Waals surface area contributed by atoms with Gasteiger partial charge in [0.05, 0.1) is 6.54 Å². The van der Waals surface area contributed by atoms with Gasteiger partial charge < -0.3 is 13.6 Å². The molecule has 4 rings (SSSR count). The second-order valence-corrected chi connectivity index (χ2v) is 6.64. The van der Waals surface area contributed by atoms with Gasteiger partial charge in [-0.3, -0.25) is 4.68 Å². The van der Waals surface area contributed by atoms with Gasteiger partial charge >= 0.3 is 11.6 Å². The average molecular weight is 399 g/mol. The quantitative estimate of drug-likeness (QED) is 0.373. The van der Waals surface area contributed by atoms with E-state index >= 15 is 0 Å². The number of hydrogen-bond donors (Lipinski definition) is 0. The van der Waals surface area contributed by atoms with Crippen LogP contribution in [-0.4, -0.2) is 15.7 Å². The van der Waals surface area contributed by atoms with Crippen LogP contribution >= 0.6 is 11.6 Å². The molecule has 0 aliphatic heterocycles. The molecule has 0 saturated carbocycles. The topological polar surface area (TPSA) is 87.5 Å². The van der Waals surface area contributed by atoms with Gasteiger partial charge in [0.2, 0.25) is 5.76 Å². The molecule has 8 heteroatoms. The second-order valence-electron chi connectivity index (χ2n) is 6.23. The highest BCUT2D eigenvalue weighted by Gasteiger charge is 2.15. The lowest BCUT2D eigenvalue weighted by Crippen LogP contribution is -2.07. The van der Waals surface area contributed by atoms with E-state index in [2.05, 4.69) is 5.10 Å². The SMILES string of the molecule is Cc1cc2oc(=O)cc(COC(=O)c3ccc(Cn4cccn4)o3)c2cc1Cl. The van der Waals surface area contributed by atoms with Crippen molar-refractivity contribution in [2.45, 2.75) is 20.1 Å². The van der Waals surface area contributed by atoms with Gasteiger partial charge in [-0.05, 0) is 42.8 Å². The molecule has 0 fully saturated rings. The van der Waals surface area contributed by atoms with Gasteiger partial charge in [-0.15, -0.1) is 0 Å². The number of aromatic nitrogens is 2. The molecular formula is C20H15ClN2O5. The molecule has 7 nitrogen and oxygen atoms in total. The third kappa shape index (κ3) is 3.70. The van der Waals surface area contributed by atoms with Gasteiger partial charge in [-0.25, -0.2) is 9.59 Å². The Bertz CT molecular complexity index is 1210. The van der Waals surface area contributed by atoms with Crippen LogP contribution in [-0.2, 0) is 17.9 Å². The minimum atomic E-state index is -0.633. The Balaban J connectivity index is 1.51. The molecule has 0 spiro atoms. The molecule has 0 aliphatic carbocycles. The Kier molecular flexibility index (Phi) is 4.75. The van der Waals surface area contributed by atoms with E-state index < -0.39 is 11.6 Å². The number of esters is 1. The third-order valence-electron chi connectivity index (χ3n) is 4.21. The zero-order chi connectivity index (χ0) is 19.7. The molecule has 0 N–H and O–H groups in total. The third-order valence-corrected chi connectivity index (χ3v) is 4.62. The molecule has 0 unspecified atom stereocenters. The molecule has 0 aliphatic rings. The molecule has 4 aromatic rings. The number of aryl methyl sites for hydroxylation is 1. The maximum atomic E-state index is 12.3. The zero-order valence-electron chi connectivity index (χ0n) is 14.8. The number of carbonyl (C=O) groups excluding carboxylic acids is 1. The number of fused-ring (bicyclic) bond motifs is 1. The first kappa shape index (κ1) is 18.1. The average Bonchev–Trinajstić information content (AvgIpc) is 3.33. The summed E-state index contributed by atoms with van der Waals surface area (Å²) in [6.07, 6.45) is 3.45. The lowest BCUT2D eigenvalue weighted by atomic mass is 10.1. The van der Waals surface area contributed by atoms with Gasteiger partial charge in [-0.2, -0.15) is 5.10 Å². The fourth-order valence-corrected chi connectivity index (χ4v) is 2.97. The molecular weight excluding hydrogens is 384 g/mol. The number of nitrogens with zero attached hydrogens (tertiary/aromatic N) is 2. The van der Waals surface area contributed by atoms with E-state index in [9.17, 15) is 9.59 Å². The van der Waals surface area contributed by atoms with Gasteiger partial charge in [0, 0.05) is 34.4 Å². The van der Waals surface area contributed by atoms with Crippen LogP contribution < -0.4 is 5.63 Å². The summed E-state index contributed by atoms with van der Waals surface area (Å²) in [5, 5.41) is 5.23. The largest absolute Gasteiger partial charge is 0.455 e. The smallest absolute Gasteiger partial charge is 0.374 e. The molecule has 3 heterocycles. The summed E-state index contributed by atoms with van der Waals surface area (Å²) in [4.78, 5) is 24.1. The first-order chi connectivity index (χ1) is 13.5. The minimum Gasteiger partial charge on any atom is -0.455 e. The summed E-state index contributed by atoms with van der Waals surface area (Å²) < 4.78 is 17.7. The van der Waals surface area contributed by atoms with Crippen molar-refractivity contribution < 1.29 is 18.4 Å². The van der Waals surface area contributed by atoms with E-state index in [1.54, 1.807) is 47.4 Å². The van der Waals surface area contributed by atoms with E-state index in [1.165, 1.54) is 6.07 Å². The Labute approximate surface area is 164 Å². The number of carbonyl (C=O) groups is 1. The van der Waals surface area contributed by atoms with Crippen LogP contribution in [0, 0.1) is 6.92 Å². The predicted octanol–water partition coefficient (Wildman–Crippen LogP) is 3.95. The Morgan fingerprint density at radius 2 is 2.11 bits per heavy atom. The van der Waals surface area contributed by atoms with E-state index in [4.69, 9.17) is 25.2 Å². The lowest BCUT2D eigenvalue weighted by Gasteiger charge is -2.08. The second kappa shape index (κ2) is 7.36. The van der Waals surface area contributed by atoms with E-state index in [-0.39, 0.29) is 12.4 Å². The number of furan rings is 1. The molecule has 3 aromatic heterocycles. The van der Waals surface area contributed by atoms with Crippen molar-refractivity contribution in [2.24, 2.45) is 0 Å². The van der Waals surface area contributed by atoms with Crippen molar-refractivity contribution in [1.82, 2.24) is 9.78 Å². The maximum absolute atomic E-state index is 12.3. The maximum Gasteiger partial charge on any atom is 0.374 e.